The van der Waals surface area contributed by atoms with Crippen molar-refractivity contribution in [3.63, 3.8) is 0 Å². The Hall–Kier alpha value is -6.64. The van der Waals surface area contributed by atoms with Crippen LogP contribution in [0.5, 0.6) is 0 Å². The van der Waals surface area contributed by atoms with Crippen LogP contribution in [0.3, 0.4) is 0 Å². The van der Waals surface area contributed by atoms with E-state index in [9.17, 15) is 0 Å². The lowest BCUT2D eigenvalue weighted by Crippen LogP contribution is -2.09. The lowest BCUT2D eigenvalue weighted by atomic mass is 9.97. The summed E-state index contributed by atoms with van der Waals surface area (Å²) in [6.45, 7) is 2.14. The molecule has 0 aliphatic rings. The Balaban J connectivity index is 1.02. The van der Waals surface area contributed by atoms with E-state index in [1.165, 1.54) is 49.7 Å². The number of aryl methyl sites for hydroxylation is 1. The van der Waals surface area contributed by atoms with Crippen LogP contribution >= 0.6 is 0 Å². The number of hydrogen-bond acceptors (Lipinski definition) is 2. The molecular formula is C49H35NO. The minimum absolute atomic E-state index is 0.923. The van der Waals surface area contributed by atoms with Gasteiger partial charge in [0.2, 0.25) is 0 Å². The predicted molar refractivity (Wildman–Crippen MR) is 215 cm³/mol. The second-order valence-electron chi connectivity index (χ2n) is 13.0. The van der Waals surface area contributed by atoms with Crippen molar-refractivity contribution in [2.75, 3.05) is 4.90 Å². The molecule has 1 heterocycles. The van der Waals surface area contributed by atoms with Gasteiger partial charge in [0.1, 0.15) is 11.3 Å². The number of furan rings is 1. The molecule has 0 spiro atoms. The monoisotopic (exact) mass is 653 g/mol. The van der Waals surface area contributed by atoms with Gasteiger partial charge >= 0.3 is 0 Å². The van der Waals surface area contributed by atoms with E-state index in [1.807, 2.05) is 12.1 Å². The zero-order valence-corrected chi connectivity index (χ0v) is 28.3. The van der Waals surface area contributed by atoms with Crippen molar-refractivity contribution in [3.05, 3.63) is 200 Å². The van der Waals surface area contributed by atoms with Gasteiger partial charge in [-0.1, -0.05) is 146 Å². The highest BCUT2D eigenvalue weighted by Gasteiger charge is 2.15. The molecule has 9 aromatic rings. The Bertz CT molecular complexity index is 2620. The van der Waals surface area contributed by atoms with Gasteiger partial charge < -0.3 is 9.32 Å². The Labute approximate surface area is 298 Å². The van der Waals surface area contributed by atoms with Crippen LogP contribution in [0.2, 0.25) is 0 Å². The standard InChI is InChI=1S/C49H35NO/c1-34-47-16-7-8-17-48(47)51-49(34)43-15-9-14-41(32-43)40-20-18-37(19-21-40)39-24-29-45(30-25-39)50(46-31-26-36-12-5-6-13-42(36)33-46)44-27-22-38(23-28-44)35-10-3-2-4-11-35/h2-33H,1H3. The van der Waals surface area contributed by atoms with Crippen molar-refractivity contribution in [1.82, 2.24) is 0 Å². The number of fused-ring (bicyclic) bond motifs is 2. The van der Waals surface area contributed by atoms with Gasteiger partial charge in [0.25, 0.3) is 0 Å². The van der Waals surface area contributed by atoms with Crippen LogP contribution < -0.4 is 4.90 Å². The van der Waals surface area contributed by atoms with E-state index in [0.717, 1.165) is 39.4 Å². The van der Waals surface area contributed by atoms with Crippen molar-refractivity contribution in [3.8, 4) is 44.7 Å². The first-order valence-electron chi connectivity index (χ1n) is 17.4. The zero-order valence-electron chi connectivity index (χ0n) is 28.3. The topological polar surface area (TPSA) is 16.4 Å². The molecule has 0 aliphatic heterocycles. The molecule has 0 saturated heterocycles. The molecule has 51 heavy (non-hydrogen) atoms. The third-order valence-electron chi connectivity index (χ3n) is 9.87. The molecule has 0 unspecified atom stereocenters. The van der Waals surface area contributed by atoms with Gasteiger partial charge in [0, 0.05) is 33.6 Å². The van der Waals surface area contributed by atoms with Gasteiger partial charge in [0.15, 0.2) is 0 Å². The first-order chi connectivity index (χ1) is 25.2. The molecule has 0 radical (unpaired) electrons. The summed E-state index contributed by atoms with van der Waals surface area (Å²) in [5, 5.41) is 3.61. The van der Waals surface area contributed by atoms with Gasteiger partial charge in [-0.05, 0) is 99.6 Å². The highest BCUT2D eigenvalue weighted by molar-refractivity contribution is 5.90. The molecule has 0 bridgehead atoms. The van der Waals surface area contributed by atoms with Gasteiger partial charge in [-0.2, -0.15) is 0 Å². The second kappa shape index (κ2) is 13.0. The van der Waals surface area contributed by atoms with E-state index < -0.39 is 0 Å². The zero-order chi connectivity index (χ0) is 34.1. The summed E-state index contributed by atoms with van der Waals surface area (Å²) in [6, 6.07) is 69.2. The summed E-state index contributed by atoms with van der Waals surface area (Å²) in [7, 11) is 0. The van der Waals surface area contributed by atoms with Crippen LogP contribution in [-0.4, -0.2) is 0 Å². The average molecular weight is 654 g/mol. The molecule has 0 aliphatic carbocycles. The third kappa shape index (κ3) is 5.88. The minimum Gasteiger partial charge on any atom is -0.456 e. The quantitative estimate of drug-likeness (QED) is 0.170. The number of rotatable bonds is 7. The van der Waals surface area contributed by atoms with E-state index in [4.69, 9.17) is 4.42 Å². The van der Waals surface area contributed by atoms with Crippen LogP contribution in [0.1, 0.15) is 5.56 Å². The molecule has 2 heteroatoms. The smallest absolute Gasteiger partial charge is 0.138 e. The summed E-state index contributed by atoms with van der Waals surface area (Å²) in [4.78, 5) is 2.34. The number of anilines is 3. The van der Waals surface area contributed by atoms with Gasteiger partial charge in [0.05, 0.1) is 0 Å². The summed E-state index contributed by atoms with van der Waals surface area (Å²) in [5.74, 6) is 0.930. The summed E-state index contributed by atoms with van der Waals surface area (Å²) >= 11 is 0. The first kappa shape index (κ1) is 30.4. The maximum atomic E-state index is 6.27. The average Bonchev–Trinajstić information content (AvgIpc) is 3.55. The fraction of sp³-hybridized carbons (Fsp3) is 0.0204. The largest absolute Gasteiger partial charge is 0.456 e. The van der Waals surface area contributed by atoms with E-state index in [0.29, 0.717) is 0 Å². The first-order valence-corrected chi connectivity index (χ1v) is 17.4. The maximum absolute atomic E-state index is 6.27. The molecule has 2 nitrogen and oxygen atoms in total. The number of nitrogens with zero attached hydrogens (tertiary/aromatic N) is 1. The number of para-hydroxylation sites is 1. The summed E-state index contributed by atoms with van der Waals surface area (Å²) in [5.41, 5.74) is 13.6. The molecule has 242 valence electrons. The van der Waals surface area contributed by atoms with E-state index in [2.05, 4.69) is 194 Å². The summed E-state index contributed by atoms with van der Waals surface area (Å²) < 4.78 is 6.27. The highest BCUT2D eigenvalue weighted by atomic mass is 16.3. The van der Waals surface area contributed by atoms with Crippen LogP contribution in [0.25, 0.3) is 66.4 Å². The molecule has 0 fully saturated rings. The van der Waals surface area contributed by atoms with E-state index in [-0.39, 0.29) is 0 Å². The fourth-order valence-corrected chi connectivity index (χ4v) is 7.14. The van der Waals surface area contributed by atoms with Crippen LogP contribution in [0.15, 0.2) is 199 Å². The Morgan fingerprint density at radius 2 is 0.843 bits per heavy atom. The highest BCUT2D eigenvalue weighted by Crippen LogP contribution is 2.39. The van der Waals surface area contributed by atoms with Crippen LogP contribution in [-0.2, 0) is 0 Å². The SMILES string of the molecule is Cc1c(-c2cccc(-c3ccc(-c4ccc(N(c5ccc(-c6ccccc6)cc5)c5ccc6ccccc6c5)cc4)cc3)c2)oc2ccccc12. The lowest BCUT2D eigenvalue weighted by Gasteiger charge is -2.26. The van der Waals surface area contributed by atoms with Crippen LogP contribution in [0, 0.1) is 6.92 Å². The van der Waals surface area contributed by atoms with Crippen LogP contribution in [0.4, 0.5) is 17.1 Å². The second-order valence-corrected chi connectivity index (χ2v) is 13.0. The number of benzene rings is 8. The van der Waals surface area contributed by atoms with Gasteiger partial charge in [-0.25, -0.2) is 0 Å². The van der Waals surface area contributed by atoms with Crippen molar-refractivity contribution in [2.24, 2.45) is 0 Å². The van der Waals surface area contributed by atoms with Gasteiger partial charge in [-0.3, -0.25) is 0 Å². The molecular weight excluding hydrogens is 619 g/mol. The van der Waals surface area contributed by atoms with Crippen molar-refractivity contribution >= 4 is 38.8 Å². The van der Waals surface area contributed by atoms with E-state index in [1.54, 1.807) is 0 Å². The fourth-order valence-electron chi connectivity index (χ4n) is 7.14. The molecule has 0 N–H and O–H groups in total. The van der Waals surface area contributed by atoms with Crippen molar-refractivity contribution < 1.29 is 4.42 Å². The van der Waals surface area contributed by atoms with E-state index >= 15 is 0 Å². The van der Waals surface area contributed by atoms with Crippen molar-refractivity contribution in [2.45, 2.75) is 6.92 Å². The number of hydrogen-bond donors (Lipinski definition) is 0. The molecule has 0 atom stereocenters. The molecule has 8 aromatic carbocycles. The third-order valence-corrected chi connectivity index (χ3v) is 9.87. The summed E-state index contributed by atoms with van der Waals surface area (Å²) in [6.07, 6.45) is 0. The molecule has 0 amide bonds. The predicted octanol–water partition coefficient (Wildman–Crippen LogP) is 14.0. The Kier molecular flexibility index (Phi) is 7.75. The maximum Gasteiger partial charge on any atom is 0.138 e. The molecule has 1 aromatic heterocycles. The minimum atomic E-state index is 0.923. The molecule has 0 saturated carbocycles. The Morgan fingerprint density at radius 3 is 1.51 bits per heavy atom. The molecule has 9 rings (SSSR count). The van der Waals surface area contributed by atoms with Gasteiger partial charge in [-0.15, -0.1) is 0 Å². The lowest BCUT2D eigenvalue weighted by molar-refractivity contribution is 0.629. The Morgan fingerprint density at radius 1 is 0.353 bits per heavy atom. The normalized spacial score (nSPS) is 11.2. The van der Waals surface area contributed by atoms with Crippen molar-refractivity contribution in [1.29, 1.82) is 0 Å².